The van der Waals surface area contributed by atoms with Crippen LogP contribution in [0.1, 0.15) is 303 Å². The van der Waals surface area contributed by atoms with Gasteiger partial charge in [-0.3, -0.25) is 14.4 Å². The van der Waals surface area contributed by atoms with E-state index in [1.54, 1.807) is 0 Å². The Morgan fingerprint density at radius 1 is 0.299 bits per heavy atom. The molecule has 1 unspecified atom stereocenters. The van der Waals surface area contributed by atoms with E-state index in [2.05, 4.69) is 69.4 Å². The molecule has 0 aromatic heterocycles. The van der Waals surface area contributed by atoms with Crippen LogP contribution in [0.15, 0.2) is 48.6 Å². The summed E-state index contributed by atoms with van der Waals surface area (Å²) in [5.41, 5.74) is 0. The monoisotopic (exact) mass is 939 g/mol. The van der Waals surface area contributed by atoms with E-state index in [0.29, 0.717) is 19.3 Å². The Bertz CT molecular complexity index is 1170. The molecular weight excluding hydrogens is 829 g/mol. The molecule has 0 aliphatic rings. The third-order valence-electron chi connectivity index (χ3n) is 12.8. The highest BCUT2D eigenvalue weighted by molar-refractivity contribution is 5.71. The minimum atomic E-state index is -0.771. The molecule has 0 spiro atoms. The van der Waals surface area contributed by atoms with Crippen molar-refractivity contribution in [3.63, 3.8) is 0 Å². The van der Waals surface area contributed by atoms with E-state index in [1.807, 2.05) is 0 Å². The summed E-state index contributed by atoms with van der Waals surface area (Å²) >= 11 is 0. The van der Waals surface area contributed by atoms with Gasteiger partial charge >= 0.3 is 17.9 Å². The zero-order chi connectivity index (χ0) is 48.6. The van der Waals surface area contributed by atoms with Crippen molar-refractivity contribution in [1.29, 1.82) is 0 Å². The summed E-state index contributed by atoms with van der Waals surface area (Å²) in [5.74, 6) is -0.883. The van der Waals surface area contributed by atoms with Gasteiger partial charge in [0, 0.05) is 19.3 Å². The minimum absolute atomic E-state index is 0.0741. The number of hydrogen-bond acceptors (Lipinski definition) is 6. The fourth-order valence-corrected chi connectivity index (χ4v) is 8.39. The fraction of sp³-hybridized carbons (Fsp3) is 0.820. The summed E-state index contributed by atoms with van der Waals surface area (Å²) in [6.07, 6.45) is 68.7. The van der Waals surface area contributed by atoms with Gasteiger partial charge in [-0.05, 0) is 83.5 Å². The number of esters is 3. The lowest BCUT2D eigenvalue weighted by Gasteiger charge is -2.18. The molecule has 0 bridgehead atoms. The maximum absolute atomic E-state index is 12.8. The minimum Gasteiger partial charge on any atom is -0.462 e. The van der Waals surface area contributed by atoms with Crippen molar-refractivity contribution in [2.75, 3.05) is 13.2 Å². The van der Waals surface area contributed by atoms with Crippen LogP contribution < -0.4 is 0 Å². The summed E-state index contributed by atoms with van der Waals surface area (Å²) in [6, 6.07) is 0. The molecule has 1 atom stereocenters. The molecule has 0 heterocycles. The third kappa shape index (κ3) is 54.2. The van der Waals surface area contributed by atoms with Gasteiger partial charge in [-0.25, -0.2) is 0 Å². The van der Waals surface area contributed by atoms with Crippen molar-refractivity contribution < 1.29 is 28.6 Å². The van der Waals surface area contributed by atoms with E-state index in [-0.39, 0.29) is 31.1 Å². The zero-order valence-corrected chi connectivity index (χ0v) is 44.7. The van der Waals surface area contributed by atoms with Crippen molar-refractivity contribution in [3.8, 4) is 0 Å². The highest BCUT2D eigenvalue weighted by Gasteiger charge is 2.19. The highest BCUT2D eigenvalue weighted by atomic mass is 16.6. The fourth-order valence-electron chi connectivity index (χ4n) is 8.39. The number of ether oxygens (including phenoxy) is 3. The maximum Gasteiger partial charge on any atom is 0.306 e. The molecule has 67 heavy (non-hydrogen) atoms. The molecule has 0 fully saturated rings. The van der Waals surface area contributed by atoms with Crippen LogP contribution >= 0.6 is 0 Å². The normalized spacial score (nSPS) is 12.3. The summed E-state index contributed by atoms with van der Waals surface area (Å²) in [5, 5.41) is 0. The lowest BCUT2D eigenvalue weighted by atomic mass is 10.0. The Labute approximate surface area is 416 Å². The summed E-state index contributed by atoms with van der Waals surface area (Å²) in [6.45, 7) is 6.56. The van der Waals surface area contributed by atoms with E-state index in [1.165, 1.54) is 186 Å². The largest absolute Gasteiger partial charge is 0.462 e. The van der Waals surface area contributed by atoms with Gasteiger partial charge in [0.25, 0.3) is 0 Å². The van der Waals surface area contributed by atoms with Crippen molar-refractivity contribution in [2.45, 2.75) is 309 Å². The average Bonchev–Trinajstić information content (AvgIpc) is 3.33. The first-order valence-electron chi connectivity index (χ1n) is 29.1. The number of unbranched alkanes of at least 4 members (excludes halogenated alkanes) is 34. The Kier molecular flexibility index (Phi) is 53.8. The van der Waals surface area contributed by atoms with Crippen LogP contribution in [0.25, 0.3) is 0 Å². The van der Waals surface area contributed by atoms with Crippen LogP contribution in [0.5, 0.6) is 0 Å². The van der Waals surface area contributed by atoms with Crippen LogP contribution in [-0.2, 0) is 28.6 Å². The molecule has 0 aromatic rings. The Hall–Kier alpha value is -2.63. The lowest BCUT2D eigenvalue weighted by Crippen LogP contribution is -2.30. The Morgan fingerprint density at radius 2 is 0.537 bits per heavy atom. The van der Waals surface area contributed by atoms with Gasteiger partial charge in [0.1, 0.15) is 13.2 Å². The number of hydrogen-bond donors (Lipinski definition) is 0. The van der Waals surface area contributed by atoms with Crippen LogP contribution in [0.4, 0.5) is 0 Å². The number of rotatable bonds is 53. The predicted molar refractivity (Wildman–Crippen MR) is 289 cm³/mol. The molecule has 0 aliphatic heterocycles. The topological polar surface area (TPSA) is 78.9 Å². The average molecular weight is 940 g/mol. The van der Waals surface area contributed by atoms with Crippen LogP contribution in [0.2, 0.25) is 0 Å². The molecule has 0 aromatic carbocycles. The maximum atomic E-state index is 12.8. The summed E-state index contributed by atoms with van der Waals surface area (Å²) in [4.78, 5) is 37.8. The number of carbonyl (C=O) groups is 3. The van der Waals surface area contributed by atoms with Crippen molar-refractivity contribution >= 4 is 17.9 Å². The molecule has 0 saturated heterocycles. The Balaban J connectivity index is 4.04. The summed E-state index contributed by atoms with van der Waals surface area (Å²) in [7, 11) is 0. The van der Waals surface area contributed by atoms with Crippen molar-refractivity contribution in [2.24, 2.45) is 0 Å². The van der Waals surface area contributed by atoms with Crippen LogP contribution in [0, 0.1) is 0 Å². The van der Waals surface area contributed by atoms with Gasteiger partial charge in [0.15, 0.2) is 6.10 Å². The quantitative estimate of drug-likeness (QED) is 0.0262. The standard InChI is InChI=1S/C61H110O6/c1-4-7-10-13-15-17-19-21-23-25-26-27-28-29-30-31-32-33-34-36-37-39-41-43-45-48-51-54-60(63)66-57-58(56-65-59(62)53-50-47-12-9-6-3)67-61(64)55-52-49-46-44-42-40-38-35-24-22-20-18-16-14-11-8-5-2/h19,21-22,24-26,28-29,58H,4-18,20,23,27,30-57H2,1-3H3/b21-19-,24-22-,26-25-,29-28-. The highest BCUT2D eigenvalue weighted by Crippen LogP contribution is 2.16. The van der Waals surface area contributed by atoms with Gasteiger partial charge in [-0.1, -0.05) is 249 Å². The van der Waals surface area contributed by atoms with E-state index in [9.17, 15) is 14.4 Å². The third-order valence-corrected chi connectivity index (χ3v) is 12.8. The van der Waals surface area contributed by atoms with Gasteiger partial charge in [-0.2, -0.15) is 0 Å². The van der Waals surface area contributed by atoms with E-state index < -0.39 is 6.10 Å². The lowest BCUT2D eigenvalue weighted by molar-refractivity contribution is -0.167. The van der Waals surface area contributed by atoms with Gasteiger partial charge < -0.3 is 14.2 Å². The zero-order valence-electron chi connectivity index (χ0n) is 44.7. The molecule has 0 N–H and O–H groups in total. The van der Waals surface area contributed by atoms with Crippen LogP contribution in [0.3, 0.4) is 0 Å². The second-order valence-corrected chi connectivity index (χ2v) is 19.6. The second kappa shape index (κ2) is 56.0. The molecule has 0 saturated carbocycles. The molecule has 0 radical (unpaired) electrons. The SMILES string of the molecule is CCCCCCC/C=C\C/C=C\C/C=C\CCCCCCCCCCCCCCC(=O)OCC(COC(=O)CCCCCCC)OC(=O)CCCCCCCCC/C=C\CCCCCCCC. The number of carbonyl (C=O) groups excluding carboxylic acids is 3. The first-order chi connectivity index (χ1) is 33.0. The van der Waals surface area contributed by atoms with Crippen molar-refractivity contribution in [1.82, 2.24) is 0 Å². The molecule has 390 valence electrons. The van der Waals surface area contributed by atoms with Crippen molar-refractivity contribution in [3.05, 3.63) is 48.6 Å². The molecule has 6 nitrogen and oxygen atoms in total. The van der Waals surface area contributed by atoms with Gasteiger partial charge in [-0.15, -0.1) is 0 Å². The smallest absolute Gasteiger partial charge is 0.306 e. The molecular formula is C61H110O6. The second-order valence-electron chi connectivity index (χ2n) is 19.6. The first-order valence-corrected chi connectivity index (χ1v) is 29.1. The van der Waals surface area contributed by atoms with E-state index in [0.717, 1.165) is 77.0 Å². The summed E-state index contributed by atoms with van der Waals surface area (Å²) < 4.78 is 16.7. The van der Waals surface area contributed by atoms with Gasteiger partial charge in [0.05, 0.1) is 0 Å². The van der Waals surface area contributed by atoms with E-state index >= 15 is 0 Å². The Morgan fingerprint density at radius 3 is 0.851 bits per heavy atom. The first kappa shape index (κ1) is 64.4. The van der Waals surface area contributed by atoms with E-state index in [4.69, 9.17) is 14.2 Å². The molecule has 6 heteroatoms. The molecule has 0 aliphatic carbocycles. The van der Waals surface area contributed by atoms with Crippen LogP contribution in [-0.4, -0.2) is 37.2 Å². The molecule has 0 amide bonds. The number of allylic oxidation sites excluding steroid dienone is 8. The van der Waals surface area contributed by atoms with Gasteiger partial charge in [0.2, 0.25) is 0 Å². The predicted octanol–water partition coefficient (Wildman–Crippen LogP) is 19.4. The molecule has 0 rings (SSSR count).